The molecule has 0 saturated heterocycles. The highest BCUT2D eigenvalue weighted by Crippen LogP contribution is 2.34. The molecule has 5 heteroatoms. The molecular formula is C30H24ClF2NS. The van der Waals surface area contributed by atoms with E-state index in [9.17, 15) is 8.78 Å². The van der Waals surface area contributed by atoms with Crippen LogP contribution in [-0.4, -0.2) is 5.16 Å². The van der Waals surface area contributed by atoms with Crippen molar-refractivity contribution in [1.82, 2.24) is 0 Å². The maximum absolute atomic E-state index is 14.2. The molecule has 0 aliphatic carbocycles. The molecule has 0 atom stereocenters. The van der Waals surface area contributed by atoms with Gasteiger partial charge in [0.1, 0.15) is 5.69 Å². The molecule has 35 heavy (non-hydrogen) atoms. The lowest BCUT2D eigenvalue weighted by Gasteiger charge is -2.10. The normalized spacial score (nSPS) is 10.7. The van der Waals surface area contributed by atoms with Crippen molar-refractivity contribution in [3.05, 3.63) is 101 Å². The third-order valence-corrected chi connectivity index (χ3v) is 6.43. The average Bonchev–Trinajstić information content (AvgIpc) is 2.87. The van der Waals surface area contributed by atoms with Gasteiger partial charge in [0, 0.05) is 10.6 Å². The van der Waals surface area contributed by atoms with Crippen LogP contribution in [-0.2, 0) is 6.42 Å². The zero-order chi connectivity index (χ0) is 24.8. The molecule has 1 nitrogen and oxygen atoms in total. The first-order valence-corrected chi connectivity index (χ1v) is 12.4. The van der Waals surface area contributed by atoms with Gasteiger partial charge in [-0.3, -0.25) is 0 Å². The van der Waals surface area contributed by atoms with E-state index in [1.165, 1.54) is 37.0 Å². The number of hydrogen-bond acceptors (Lipinski definition) is 2. The number of unbranched alkanes of at least 4 members (excludes halogenated alkanes) is 2. The lowest BCUT2D eigenvalue weighted by Crippen LogP contribution is -1.88. The fourth-order valence-corrected chi connectivity index (χ4v) is 4.48. The van der Waals surface area contributed by atoms with Crippen molar-refractivity contribution in [2.75, 3.05) is 0 Å². The summed E-state index contributed by atoms with van der Waals surface area (Å²) in [6.45, 7) is 2.21. The second-order valence-corrected chi connectivity index (χ2v) is 9.01. The molecule has 0 aromatic heterocycles. The zero-order valence-corrected chi connectivity index (χ0v) is 20.9. The van der Waals surface area contributed by atoms with E-state index in [-0.39, 0.29) is 0 Å². The molecule has 176 valence electrons. The molecule has 0 saturated carbocycles. The average molecular weight is 504 g/mol. The molecule has 4 rings (SSSR count). The van der Waals surface area contributed by atoms with Crippen LogP contribution in [0, 0.1) is 11.6 Å². The van der Waals surface area contributed by atoms with Crippen LogP contribution in [0.25, 0.3) is 33.4 Å². The van der Waals surface area contributed by atoms with E-state index in [0.29, 0.717) is 16.1 Å². The fraction of sp³-hybridized carbons (Fsp3) is 0.167. The Kier molecular flexibility index (Phi) is 8.20. The summed E-state index contributed by atoms with van der Waals surface area (Å²) in [5, 5.41) is 2.64. The Hall–Kier alpha value is -3.17. The summed E-state index contributed by atoms with van der Waals surface area (Å²) < 4.78 is 28.4. The van der Waals surface area contributed by atoms with Crippen LogP contribution < -0.4 is 0 Å². The minimum absolute atomic E-state index is 0.412. The monoisotopic (exact) mass is 503 g/mol. The number of hydrogen-bond donors (Lipinski definition) is 0. The third kappa shape index (κ3) is 5.91. The largest absolute Gasteiger partial charge is 0.204 e. The molecule has 0 spiro atoms. The number of aliphatic imine (C=N–C) groups is 1. The molecule has 0 aliphatic rings. The topological polar surface area (TPSA) is 12.4 Å². The standard InChI is InChI=1S/C30H24ClF2NS/c1-2-3-4-5-20-6-8-21(9-7-20)24-14-15-26(27(31)16-24)23-12-10-22(11-13-23)25-17-28(32)30(34-19-35)29(33)18-25/h6-18H,2-5H2,1H3. The highest BCUT2D eigenvalue weighted by molar-refractivity contribution is 7.78. The number of isothiocyanates is 1. The fourth-order valence-electron chi connectivity index (χ4n) is 4.10. The Morgan fingerprint density at radius 1 is 0.743 bits per heavy atom. The van der Waals surface area contributed by atoms with E-state index in [1.807, 2.05) is 41.6 Å². The van der Waals surface area contributed by atoms with E-state index in [2.05, 4.69) is 54.5 Å². The first-order chi connectivity index (χ1) is 17.0. The Labute approximate surface area is 215 Å². The Bertz CT molecular complexity index is 1350. The molecule has 0 radical (unpaired) electrons. The van der Waals surface area contributed by atoms with Gasteiger partial charge < -0.3 is 0 Å². The summed E-state index contributed by atoms with van der Waals surface area (Å²) in [6, 6.07) is 24.6. The highest BCUT2D eigenvalue weighted by Gasteiger charge is 2.12. The van der Waals surface area contributed by atoms with Crippen LogP contribution in [0.3, 0.4) is 0 Å². The molecule has 0 amide bonds. The molecular weight excluding hydrogens is 480 g/mol. The van der Waals surface area contributed by atoms with E-state index in [1.54, 1.807) is 0 Å². The van der Waals surface area contributed by atoms with Crippen LogP contribution in [0.1, 0.15) is 31.7 Å². The summed E-state index contributed by atoms with van der Waals surface area (Å²) >= 11 is 11.1. The minimum atomic E-state index is -0.783. The molecule has 0 aliphatic heterocycles. The maximum atomic E-state index is 14.2. The smallest absolute Gasteiger partial charge is 0.153 e. The Morgan fingerprint density at radius 3 is 1.91 bits per heavy atom. The van der Waals surface area contributed by atoms with Gasteiger partial charge in [-0.15, -0.1) is 0 Å². The van der Waals surface area contributed by atoms with Crippen molar-refractivity contribution >= 4 is 34.7 Å². The van der Waals surface area contributed by atoms with Crippen molar-refractivity contribution in [3.63, 3.8) is 0 Å². The summed E-state index contributed by atoms with van der Waals surface area (Å²) in [6.07, 6.45) is 4.80. The van der Waals surface area contributed by atoms with Gasteiger partial charge in [-0.2, -0.15) is 4.99 Å². The van der Waals surface area contributed by atoms with E-state index in [0.717, 1.165) is 28.7 Å². The van der Waals surface area contributed by atoms with Crippen LogP contribution in [0.15, 0.2) is 83.9 Å². The zero-order valence-electron chi connectivity index (χ0n) is 19.3. The number of rotatable bonds is 8. The van der Waals surface area contributed by atoms with Gasteiger partial charge in [0.2, 0.25) is 0 Å². The van der Waals surface area contributed by atoms with Gasteiger partial charge in [0.15, 0.2) is 11.6 Å². The predicted octanol–water partition coefficient (Wildman–Crippen LogP) is 10.1. The van der Waals surface area contributed by atoms with Crippen LogP contribution in [0.5, 0.6) is 0 Å². The molecule has 4 aromatic rings. The van der Waals surface area contributed by atoms with Crippen LogP contribution in [0.4, 0.5) is 14.5 Å². The summed E-state index contributed by atoms with van der Waals surface area (Å²) in [5.74, 6) is -1.57. The van der Waals surface area contributed by atoms with Crippen molar-refractivity contribution in [3.8, 4) is 33.4 Å². The molecule has 0 heterocycles. The van der Waals surface area contributed by atoms with E-state index in [4.69, 9.17) is 11.6 Å². The first kappa shape index (κ1) is 24.9. The van der Waals surface area contributed by atoms with Crippen LogP contribution >= 0.6 is 23.8 Å². The molecule has 0 unspecified atom stereocenters. The number of thiocarbonyl (C=S) groups is 1. The van der Waals surface area contributed by atoms with Crippen molar-refractivity contribution < 1.29 is 8.78 Å². The second-order valence-electron chi connectivity index (χ2n) is 8.42. The highest BCUT2D eigenvalue weighted by atomic mass is 35.5. The second kappa shape index (κ2) is 11.5. The van der Waals surface area contributed by atoms with Gasteiger partial charge in [-0.1, -0.05) is 92.0 Å². The minimum Gasteiger partial charge on any atom is -0.204 e. The summed E-state index contributed by atoms with van der Waals surface area (Å²) in [4.78, 5) is 3.45. The quantitative estimate of drug-likeness (QED) is 0.132. The maximum Gasteiger partial charge on any atom is 0.153 e. The number of aryl methyl sites for hydroxylation is 1. The summed E-state index contributed by atoms with van der Waals surface area (Å²) in [5.41, 5.74) is 5.99. The molecule has 4 aromatic carbocycles. The van der Waals surface area contributed by atoms with Crippen molar-refractivity contribution in [1.29, 1.82) is 0 Å². The number of benzene rings is 4. The van der Waals surface area contributed by atoms with Gasteiger partial charge in [-0.05, 0) is 76.6 Å². The summed E-state index contributed by atoms with van der Waals surface area (Å²) in [7, 11) is 0. The van der Waals surface area contributed by atoms with E-state index < -0.39 is 17.3 Å². The SMILES string of the molecule is CCCCCc1ccc(-c2ccc(-c3ccc(-c4cc(F)c(N=C=S)c(F)c4)cc3)c(Cl)c2)cc1. The van der Waals surface area contributed by atoms with Gasteiger partial charge in [0.05, 0.1) is 5.16 Å². The molecule has 0 N–H and O–H groups in total. The van der Waals surface area contributed by atoms with Crippen molar-refractivity contribution in [2.45, 2.75) is 32.6 Å². The molecule has 0 bridgehead atoms. The van der Waals surface area contributed by atoms with Gasteiger partial charge in [0.25, 0.3) is 0 Å². The third-order valence-electron chi connectivity index (χ3n) is 6.03. The van der Waals surface area contributed by atoms with Gasteiger partial charge in [-0.25, -0.2) is 8.78 Å². The first-order valence-electron chi connectivity index (χ1n) is 11.6. The lowest BCUT2D eigenvalue weighted by molar-refractivity contribution is 0.588. The lowest BCUT2D eigenvalue weighted by atomic mass is 9.97. The van der Waals surface area contributed by atoms with E-state index >= 15 is 0 Å². The van der Waals surface area contributed by atoms with Crippen molar-refractivity contribution in [2.24, 2.45) is 4.99 Å². The molecule has 0 fully saturated rings. The Morgan fingerprint density at radius 2 is 1.31 bits per heavy atom. The predicted molar refractivity (Wildman–Crippen MR) is 146 cm³/mol. The van der Waals surface area contributed by atoms with Gasteiger partial charge >= 0.3 is 0 Å². The Balaban J connectivity index is 1.54. The number of nitrogens with zero attached hydrogens (tertiary/aromatic N) is 1. The number of halogens is 3. The van der Waals surface area contributed by atoms with Crippen LogP contribution in [0.2, 0.25) is 5.02 Å².